The Kier molecular flexibility index (Phi) is 3.96. The number of thiazole rings is 1. The van der Waals surface area contributed by atoms with Crippen LogP contribution in [0.25, 0.3) is 22.4 Å². The fourth-order valence-electron chi connectivity index (χ4n) is 2.29. The minimum absolute atomic E-state index is 0.168. The van der Waals surface area contributed by atoms with Gasteiger partial charge in [0.15, 0.2) is 5.82 Å². The molecule has 0 fully saturated rings. The van der Waals surface area contributed by atoms with Gasteiger partial charge in [-0.3, -0.25) is 4.79 Å². The van der Waals surface area contributed by atoms with Crippen LogP contribution in [0.3, 0.4) is 0 Å². The Morgan fingerprint density at radius 3 is 2.58 bits per heavy atom. The quantitative estimate of drug-likeness (QED) is 0.498. The minimum atomic E-state index is -0.168. The predicted octanol–water partition coefficient (Wildman–Crippen LogP) is 3.78. The van der Waals surface area contributed by atoms with Crippen LogP contribution < -0.4 is 10.1 Å². The van der Waals surface area contributed by atoms with Crippen LogP contribution in [0.5, 0.6) is 0 Å². The van der Waals surface area contributed by atoms with Crippen molar-refractivity contribution in [1.82, 2.24) is 14.6 Å². The Hall–Kier alpha value is -2.02. The number of hydrogen-bond donors (Lipinski definition) is 0. The van der Waals surface area contributed by atoms with Crippen molar-refractivity contribution >= 4 is 49.9 Å². The summed E-state index contributed by atoms with van der Waals surface area (Å²) in [5.41, 5.74) is 1.60. The highest BCUT2D eigenvalue weighted by atomic mass is 79.9. The number of halogens is 2. The lowest BCUT2D eigenvalue weighted by Crippen LogP contribution is -2.23. The van der Waals surface area contributed by atoms with Gasteiger partial charge in [0.05, 0.1) is 4.53 Å². The minimum Gasteiger partial charge on any atom is -0.266 e. The van der Waals surface area contributed by atoms with Crippen molar-refractivity contribution in [2.75, 3.05) is 0 Å². The lowest BCUT2D eigenvalue weighted by atomic mass is 10.2. The maximum Gasteiger partial charge on any atom is 0.291 e. The van der Waals surface area contributed by atoms with Gasteiger partial charge in [-0.25, -0.2) is 0 Å². The van der Waals surface area contributed by atoms with Crippen LogP contribution in [0.2, 0.25) is 5.02 Å². The van der Waals surface area contributed by atoms with Crippen molar-refractivity contribution in [2.24, 2.45) is 0 Å². The summed E-state index contributed by atoms with van der Waals surface area (Å²) in [4.78, 5) is 17.6. The first-order valence-electron chi connectivity index (χ1n) is 7.03. The Labute approximate surface area is 154 Å². The van der Waals surface area contributed by atoms with Gasteiger partial charge in [-0.2, -0.15) is 9.50 Å². The van der Waals surface area contributed by atoms with Crippen LogP contribution in [0.1, 0.15) is 5.56 Å². The third-order valence-corrected chi connectivity index (χ3v) is 5.41. The molecule has 24 heavy (non-hydrogen) atoms. The van der Waals surface area contributed by atoms with E-state index in [0.29, 0.717) is 20.3 Å². The van der Waals surface area contributed by atoms with Crippen LogP contribution in [0, 0.1) is 0 Å². The largest absolute Gasteiger partial charge is 0.291 e. The van der Waals surface area contributed by atoms with Crippen molar-refractivity contribution in [3.05, 3.63) is 78.5 Å². The summed E-state index contributed by atoms with van der Waals surface area (Å²) in [5.74, 6) is 0.516. The first-order chi connectivity index (χ1) is 11.6. The zero-order valence-corrected chi connectivity index (χ0v) is 15.3. The van der Waals surface area contributed by atoms with Gasteiger partial charge in [0, 0.05) is 15.1 Å². The summed E-state index contributed by atoms with van der Waals surface area (Å²) in [6, 6.07) is 15.0. The molecular formula is C17H9BrClN3OS. The van der Waals surface area contributed by atoms with Crippen molar-refractivity contribution in [3.63, 3.8) is 0 Å². The average Bonchev–Trinajstić information content (AvgIpc) is 3.11. The van der Waals surface area contributed by atoms with E-state index in [1.807, 2.05) is 42.5 Å². The van der Waals surface area contributed by atoms with Crippen molar-refractivity contribution < 1.29 is 0 Å². The summed E-state index contributed by atoms with van der Waals surface area (Å²) in [6.45, 7) is 0. The van der Waals surface area contributed by atoms with E-state index >= 15 is 0 Å². The SMILES string of the molecule is O=c1/c(=C/c2ccccc2Br)sc2nc(-c3ccc(Cl)cc3)nn12. The Bertz CT molecular complexity index is 1150. The first-order valence-corrected chi connectivity index (χ1v) is 9.02. The zero-order valence-electron chi connectivity index (χ0n) is 12.1. The van der Waals surface area contributed by atoms with E-state index in [2.05, 4.69) is 26.0 Å². The van der Waals surface area contributed by atoms with E-state index in [-0.39, 0.29) is 5.56 Å². The number of rotatable bonds is 2. The lowest BCUT2D eigenvalue weighted by Gasteiger charge is -1.95. The van der Waals surface area contributed by atoms with Crippen LogP contribution in [-0.4, -0.2) is 14.6 Å². The summed E-state index contributed by atoms with van der Waals surface area (Å²) in [5, 5.41) is 4.97. The Morgan fingerprint density at radius 1 is 1.12 bits per heavy atom. The summed E-state index contributed by atoms with van der Waals surface area (Å²) >= 11 is 10.7. The van der Waals surface area contributed by atoms with E-state index in [4.69, 9.17) is 11.6 Å². The van der Waals surface area contributed by atoms with E-state index in [0.717, 1.165) is 15.6 Å². The summed E-state index contributed by atoms with van der Waals surface area (Å²) in [7, 11) is 0. The van der Waals surface area contributed by atoms with Gasteiger partial charge < -0.3 is 0 Å². The molecule has 7 heteroatoms. The third kappa shape index (κ3) is 2.77. The van der Waals surface area contributed by atoms with Crippen molar-refractivity contribution in [3.8, 4) is 11.4 Å². The highest BCUT2D eigenvalue weighted by Gasteiger charge is 2.12. The molecule has 2 heterocycles. The second-order valence-corrected chi connectivity index (χ2v) is 7.37. The number of hydrogen-bond acceptors (Lipinski definition) is 4. The highest BCUT2D eigenvalue weighted by Crippen LogP contribution is 2.19. The first kappa shape index (κ1) is 15.5. The maximum atomic E-state index is 12.5. The third-order valence-electron chi connectivity index (χ3n) is 3.48. The lowest BCUT2D eigenvalue weighted by molar-refractivity contribution is 0.937. The molecule has 2 aromatic heterocycles. The smallest absolute Gasteiger partial charge is 0.266 e. The number of benzene rings is 2. The van der Waals surface area contributed by atoms with Gasteiger partial charge in [-0.1, -0.05) is 57.1 Å². The number of fused-ring (bicyclic) bond motifs is 1. The zero-order chi connectivity index (χ0) is 16.7. The molecule has 0 amide bonds. The standard InChI is InChI=1S/C17H9BrClN3OS/c18-13-4-2-1-3-11(13)9-14-16(23)22-17(24-14)20-15(21-22)10-5-7-12(19)8-6-10/h1-9H/b14-9-. The monoisotopic (exact) mass is 417 g/mol. The molecule has 0 aliphatic carbocycles. The normalized spacial score (nSPS) is 12.2. The number of aromatic nitrogens is 3. The van der Waals surface area contributed by atoms with E-state index in [9.17, 15) is 4.79 Å². The van der Waals surface area contributed by atoms with Crippen molar-refractivity contribution in [2.45, 2.75) is 0 Å². The van der Waals surface area contributed by atoms with Gasteiger partial charge in [-0.15, -0.1) is 5.10 Å². The number of nitrogens with zero attached hydrogens (tertiary/aromatic N) is 3. The van der Waals surface area contributed by atoms with E-state index in [1.165, 1.54) is 15.9 Å². The fourth-order valence-corrected chi connectivity index (χ4v) is 3.71. The molecule has 4 rings (SSSR count). The second-order valence-electron chi connectivity index (χ2n) is 5.07. The van der Waals surface area contributed by atoms with Crippen LogP contribution >= 0.6 is 38.9 Å². The molecule has 0 saturated carbocycles. The van der Waals surface area contributed by atoms with E-state index in [1.54, 1.807) is 12.1 Å². The van der Waals surface area contributed by atoms with Gasteiger partial charge in [0.2, 0.25) is 4.96 Å². The predicted molar refractivity (Wildman–Crippen MR) is 101 cm³/mol. The molecule has 0 aliphatic rings. The molecule has 0 atom stereocenters. The second kappa shape index (κ2) is 6.12. The van der Waals surface area contributed by atoms with Crippen LogP contribution in [0.4, 0.5) is 0 Å². The molecule has 0 spiro atoms. The molecule has 2 aromatic carbocycles. The summed E-state index contributed by atoms with van der Waals surface area (Å²) < 4.78 is 2.88. The van der Waals surface area contributed by atoms with E-state index < -0.39 is 0 Å². The Morgan fingerprint density at radius 2 is 1.88 bits per heavy atom. The molecule has 0 bridgehead atoms. The van der Waals surface area contributed by atoms with Crippen molar-refractivity contribution in [1.29, 1.82) is 0 Å². The molecule has 0 radical (unpaired) electrons. The van der Waals surface area contributed by atoms with Gasteiger partial charge in [0.1, 0.15) is 0 Å². The summed E-state index contributed by atoms with van der Waals surface area (Å²) in [6.07, 6.45) is 1.84. The van der Waals surface area contributed by atoms with Crippen LogP contribution in [0.15, 0.2) is 57.8 Å². The highest BCUT2D eigenvalue weighted by molar-refractivity contribution is 9.10. The van der Waals surface area contributed by atoms with Gasteiger partial charge >= 0.3 is 0 Å². The molecule has 118 valence electrons. The van der Waals surface area contributed by atoms with Gasteiger partial charge in [-0.05, 0) is 42.0 Å². The molecule has 0 saturated heterocycles. The molecule has 0 N–H and O–H groups in total. The van der Waals surface area contributed by atoms with Gasteiger partial charge in [0.25, 0.3) is 5.56 Å². The maximum absolute atomic E-state index is 12.5. The van der Waals surface area contributed by atoms with Crippen LogP contribution in [-0.2, 0) is 0 Å². The molecule has 4 nitrogen and oxygen atoms in total. The molecule has 4 aromatic rings. The molecule has 0 aliphatic heterocycles. The molecule has 0 unspecified atom stereocenters. The fraction of sp³-hybridized carbons (Fsp3) is 0. The average molecular weight is 419 g/mol. The molecular weight excluding hydrogens is 410 g/mol. The Balaban J connectivity index is 1.83. The topological polar surface area (TPSA) is 47.3 Å².